The minimum Gasteiger partial charge on any atom is -0.383 e. The quantitative estimate of drug-likeness (QED) is 0.372. The molecule has 0 N–H and O–H groups in total. The van der Waals surface area contributed by atoms with Crippen LogP contribution in [0.3, 0.4) is 0 Å². The van der Waals surface area contributed by atoms with Crippen molar-refractivity contribution < 1.29 is 22.7 Å². The third-order valence-electron chi connectivity index (χ3n) is 6.06. The van der Waals surface area contributed by atoms with Gasteiger partial charge in [0.2, 0.25) is 15.0 Å². The second-order valence-electron chi connectivity index (χ2n) is 8.75. The molecule has 1 atom stereocenters. The Labute approximate surface area is 216 Å². The molecule has 1 aromatic heterocycles. The average Bonchev–Trinajstić information content (AvgIpc) is 3.52. The van der Waals surface area contributed by atoms with Crippen LogP contribution in [0.4, 0.5) is 0 Å². The van der Waals surface area contributed by atoms with E-state index in [9.17, 15) is 13.2 Å². The highest BCUT2D eigenvalue weighted by Crippen LogP contribution is 2.22. The number of carbonyl (C=O) groups excluding carboxylic acids is 1. The molecule has 0 spiro atoms. The number of carbonyl (C=O) groups is 1. The lowest BCUT2D eigenvalue weighted by Crippen LogP contribution is -2.37. The number of halogens is 1. The van der Waals surface area contributed by atoms with Gasteiger partial charge in [-0.3, -0.25) is 4.79 Å². The van der Waals surface area contributed by atoms with Gasteiger partial charge in [-0.15, -0.1) is 0 Å². The number of aromatic nitrogens is 2. The number of hydrogen-bond donors (Lipinski definition) is 0. The van der Waals surface area contributed by atoms with Crippen molar-refractivity contribution in [2.45, 2.75) is 42.9 Å². The monoisotopic (exact) mass is 531 g/mol. The van der Waals surface area contributed by atoms with E-state index in [4.69, 9.17) is 21.1 Å². The molecule has 1 saturated heterocycles. The smallest absolute Gasteiger partial charge is 0.254 e. The number of ether oxygens (including phenoxy) is 2. The molecule has 2 aromatic carbocycles. The van der Waals surface area contributed by atoms with Crippen molar-refractivity contribution >= 4 is 27.3 Å². The molecular formula is C26H30ClN3O5S. The number of sulfone groups is 1. The summed E-state index contributed by atoms with van der Waals surface area (Å²) in [6, 6.07) is 15.8. The van der Waals surface area contributed by atoms with Gasteiger partial charge < -0.3 is 18.9 Å². The molecule has 1 fully saturated rings. The third kappa shape index (κ3) is 6.53. The fourth-order valence-corrected chi connectivity index (χ4v) is 6.01. The van der Waals surface area contributed by atoms with Crippen LogP contribution in [0.15, 0.2) is 66.0 Å². The number of amides is 1. The van der Waals surface area contributed by atoms with Crippen LogP contribution in [0, 0.1) is 0 Å². The van der Waals surface area contributed by atoms with Crippen LogP contribution in [0.5, 0.6) is 0 Å². The Morgan fingerprint density at radius 3 is 2.72 bits per heavy atom. The Kier molecular flexibility index (Phi) is 8.79. The van der Waals surface area contributed by atoms with Crippen molar-refractivity contribution in [3.05, 3.63) is 82.6 Å². The Bertz CT molecular complexity index is 1270. The van der Waals surface area contributed by atoms with E-state index in [-0.39, 0.29) is 36.0 Å². The number of methoxy groups -OCH3 is 1. The lowest BCUT2D eigenvalue weighted by Gasteiger charge is -2.26. The maximum absolute atomic E-state index is 13.5. The SMILES string of the molecule is COCCn1c(CN(CC2CCCO2)C(=O)c2cccc(Cl)c2)cnc1S(=O)(=O)Cc1ccccc1. The summed E-state index contributed by atoms with van der Waals surface area (Å²) in [5.41, 5.74) is 1.74. The number of hydrogen-bond acceptors (Lipinski definition) is 6. The summed E-state index contributed by atoms with van der Waals surface area (Å²) in [6.45, 7) is 1.80. The summed E-state index contributed by atoms with van der Waals surface area (Å²) < 4.78 is 39.3. The van der Waals surface area contributed by atoms with Crippen molar-refractivity contribution in [3.8, 4) is 0 Å². The van der Waals surface area contributed by atoms with Gasteiger partial charge in [-0.05, 0) is 36.6 Å². The number of imidazole rings is 1. The molecule has 0 aliphatic carbocycles. The van der Waals surface area contributed by atoms with Crippen LogP contribution in [0.2, 0.25) is 5.02 Å². The Hall–Kier alpha value is -2.72. The van der Waals surface area contributed by atoms with Crippen LogP contribution < -0.4 is 0 Å². The summed E-state index contributed by atoms with van der Waals surface area (Å²) in [5.74, 6) is -0.376. The molecule has 1 amide bonds. The molecule has 3 aromatic rings. The van der Waals surface area contributed by atoms with Crippen molar-refractivity contribution in [2.24, 2.45) is 0 Å². The van der Waals surface area contributed by atoms with Crippen molar-refractivity contribution in [3.63, 3.8) is 0 Å². The van der Waals surface area contributed by atoms with Gasteiger partial charge in [0.25, 0.3) is 5.91 Å². The first-order chi connectivity index (χ1) is 17.4. The highest BCUT2D eigenvalue weighted by atomic mass is 35.5. The van der Waals surface area contributed by atoms with E-state index in [1.807, 2.05) is 6.07 Å². The van der Waals surface area contributed by atoms with Gasteiger partial charge in [0.05, 0.1) is 36.9 Å². The maximum Gasteiger partial charge on any atom is 0.254 e. The fourth-order valence-electron chi connectivity index (χ4n) is 4.30. The van der Waals surface area contributed by atoms with Crippen LogP contribution in [0.1, 0.15) is 34.5 Å². The number of rotatable bonds is 11. The number of benzene rings is 2. The average molecular weight is 532 g/mol. The summed E-state index contributed by atoms with van der Waals surface area (Å²) in [4.78, 5) is 19.5. The molecular weight excluding hydrogens is 502 g/mol. The predicted octanol–water partition coefficient (Wildman–Crippen LogP) is 3.98. The van der Waals surface area contributed by atoms with E-state index < -0.39 is 9.84 Å². The zero-order valence-corrected chi connectivity index (χ0v) is 21.7. The molecule has 2 heterocycles. The molecule has 1 aliphatic heterocycles. The second-order valence-corrected chi connectivity index (χ2v) is 11.1. The molecule has 1 unspecified atom stereocenters. The van der Waals surface area contributed by atoms with E-state index in [1.165, 1.54) is 6.20 Å². The molecule has 1 aliphatic rings. The van der Waals surface area contributed by atoms with Crippen molar-refractivity contribution in [2.75, 3.05) is 26.9 Å². The zero-order chi connectivity index (χ0) is 25.5. The van der Waals surface area contributed by atoms with Gasteiger partial charge in [-0.25, -0.2) is 13.4 Å². The zero-order valence-electron chi connectivity index (χ0n) is 20.2. The van der Waals surface area contributed by atoms with E-state index >= 15 is 0 Å². The van der Waals surface area contributed by atoms with Crippen LogP contribution in [0.25, 0.3) is 0 Å². The van der Waals surface area contributed by atoms with Crippen LogP contribution in [-0.2, 0) is 38.2 Å². The first-order valence-corrected chi connectivity index (χ1v) is 13.9. The predicted molar refractivity (Wildman–Crippen MR) is 137 cm³/mol. The van der Waals surface area contributed by atoms with Gasteiger partial charge in [0.15, 0.2) is 0 Å². The molecule has 10 heteroatoms. The van der Waals surface area contributed by atoms with E-state index in [2.05, 4.69) is 4.98 Å². The third-order valence-corrected chi connectivity index (χ3v) is 7.89. The Morgan fingerprint density at radius 1 is 1.22 bits per heavy atom. The molecule has 0 saturated carbocycles. The molecule has 0 radical (unpaired) electrons. The van der Waals surface area contributed by atoms with Crippen LogP contribution in [-0.4, -0.2) is 61.7 Å². The van der Waals surface area contributed by atoms with E-state index in [0.717, 1.165) is 12.8 Å². The van der Waals surface area contributed by atoms with Gasteiger partial charge in [0, 0.05) is 37.4 Å². The highest BCUT2D eigenvalue weighted by molar-refractivity contribution is 7.90. The summed E-state index contributed by atoms with van der Waals surface area (Å²) in [5, 5.41) is 0.433. The maximum atomic E-state index is 13.5. The summed E-state index contributed by atoms with van der Waals surface area (Å²) in [7, 11) is -2.18. The summed E-state index contributed by atoms with van der Waals surface area (Å²) in [6.07, 6.45) is 3.25. The van der Waals surface area contributed by atoms with Crippen LogP contribution >= 0.6 is 11.6 Å². The van der Waals surface area contributed by atoms with E-state index in [1.54, 1.807) is 65.1 Å². The van der Waals surface area contributed by atoms with Gasteiger partial charge in [-0.1, -0.05) is 48.0 Å². The Morgan fingerprint density at radius 2 is 2.03 bits per heavy atom. The van der Waals surface area contributed by atoms with E-state index in [0.29, 0.717) is 41.6 Å². The highest BCUT2D eigenvalue weighted by Gasteiger charge is 2.28. The molecule has 192 valence electrons. The summed E-state index contributed by atoms with van der Waals surface area (Å²) >= 11 is 6.14. The van der Waals surface area contributed by atoms with Gasteiger partial charge in [0.1, 0.15) is 0 Å². The van der Waals surface area contributed by atoms with Crippen molar-refractivity contribution in [1.29, 1.82) is 0 Å². The lowest BCUT2D eigenvalue weighted by atomic mass is 10.1. The lowest BCUT2D eigenvalue weighted by molar-refractivity contribution is 0.0500. The Balaban J connectivity index is 1.65. The van der Waals surface area contributed by atoms with Crippen molar-refractivity contribution in [1.82, 2.24) is 14.5 Å². The molecule has 8 nitrogen and oxygen atoms in total. The van der Waals surface area contributed by atoms with Gasteiger partial charge >= 0.3 is 0 Å². The first kappa shape index (κ1) is 26.3. The minimum absolute atomic E-state index is 0.0364. The normalized spacial score (nSPS) is 15.8. The molecule has 36 heavy (non-hydrogen) atoms. The molecule has 0 bridgehead atoms. The largest absolute Gasteiger partial charge is 0.383 e. The standard InChI is InChI=1S/C26H30ClN3O5S/c1-34-14-12-30-23(16-28-26(30)36(32,33)19-20-7-3-2-4-8-20)17-29(18-24-11-6-13-35-24)25(31)21-9-5-10-22(27)15-21/h2-5,7-10,15-16,24H,6,11-14,17-19H2,1H3. The first-order valence-electron chi connectivity index (χ1n) is 11.8. The molecule has 4 rings (SSSR count). The topological polar surface area (TPSA) is 90.7 Å². The second kappa shape index (κ2) is 12.0. The van der Waals surface area contributed by atoms with Gasteiger partial charge in [-0.2, -0.15) is 0 Å². The fraction of sp³-hybridized carbons (Fsp3) is 0.385. The number of nitrogens with zero attached hydrogens (tertiary/aromatic N) is 3. The minimum atomic E-state index is -3.74.